The summed E-state index contributed by atoms with van der Waals surface area (Å²) < 4.78 is 30.6. The number of methoxy groups -OCH3 is 1. The van der Waals surface area contributed by atoms with Crippen LogP contribution in [-0.4, -0.2) is 56.1 Å². The number of nitrogens with one attached hydrogen (secondary N) is 2. The Labute approximate surface area is 182 Å². The molecule has 0 spiro atoms. The van der Waals surface area contributed by atoms with Gasteiger partial charge < -0.3 is 15.0 Å². The van der Waals surface area contributed by atoms with Crippen molar-refractivity contribution in [1.29, 1.82) is 0 Å². The highest BCUT2D eigenvalue weighted by molar-refractivity contribution is 7.88. The molecule has 2 N–H and O–H groups in total. The number of benzene rings is 2. The van der Waals surface area contributed by atoms with Gasteiger partial charge in [0, 0.05) is 36.1 Å². The number of carbonyl (C=O) groups excluding carboxylic acids is 1. The summed E-state index contributed by atoms with van der Waals surface area (Å²) in [5, 5.41) is 4.11. The molecular formula is C23H27N3O4S. The molecule has 0 aliphatic carbocycles. The summed E-state index contributed by atoms with van der Waals surface area (Å²) >= 11 is 0. The highest BCUT2D eigenvalue weighted by atomic mass is 32.2. The average molecular weight is 442 g/mol. The number of aromatic nitrogens is 1. The molecule has 8 heteroatoms. The van der Waals surface area contributed by atoms with Crippen LogP contribution in [0.5, 0.6) is 5.75 Å². The third-order valence-corrected chi connectivity index (χ3v) is 7.22. The second-order valence-electron chi connectivity index (χ2n) is 7.89. The molecule has 0 radical (unpaired) electrons. The monoisotopic (exact) mass is 441 g/mol. The number of fused-ring (bicyclic) bond motifs is 1. The van der Waals surface area contributed by atoms with E-state index in [1.165, 1.54) is 4.31 Å². The third kappa shape index (κ3) is 4.45. The Bertz CT molecular complexity index is 1170. The van der Waals surface area contributed by atoms with Crippen molar-refractivity contribution in [3.05, 3.63) is 65.9 Å². The Hall–Kier alpha value is -2.84. The zero-order chi connectivity index (χ0) is 22.0. The lowest BCUT2D eigenvalue weighted by Crippen LogP contribution is -2.46. The van der Waals surface area contributed by atoms with Crippen molar-refractivity contribution >= 4 is 26.8 Å². The Kier molecular flexibility index (Phi) is 6.02. The number of hydrogen-bond donors (Lipinski definition) is 2. The van der Waals surface area contributed by atoms with E-state index >= 15 is 0 Å². The normalized spacial score (nSPS) is 18.2. The first-order chi connectivity index (χ1) is 14.9. The van der Waals surface area contributed by atoms with Gasteiger partial charge in [0.05, 0.1) is 13.4 Å². The summed E-state index contributed by atoms with van der Waals surface area (Å²) in [6.45, 7) is 0.752. The number of nitrogens with zero attached hydrogens (tertiary/aromatic N) is 1. The maximum atomic E-state index is 12.9. The van der Waals surface area contributed by atoms with Crippen LogP contribution in [-0.2, 0) is 14.8 Å². The number of ether oxygens (including phenoxy) is 1. The first-order valence-corrected chi connectivity index (χ1v) is 12.2. The van der Waals surface area contributed by atoms with Crippen LogP contribution in [0.2, 0.25) is 0 Å². The van der Waals surface area contributed by atoms with Gasteiger partial charge >= 0.3 is 0 Å². The Morgan fingerprint density at radius 3 is 2.68 bits per heavy atom. The van der Waals surface area contributed by atoms with Crippen LogP contribution in [0, 0.1) is 0 Å². The van der Waals surface area contributed by atoms with E-state index in [0.29, 0.717) is 25.9 Å². The van der Waals surface area contributed by atoms with Crippen molar-refractivity contribution in [2.45, 2.75) is 24.8 Å². The molecule has 0 bridgehead atoms. The number of amides is 1. The lowest BCUT2D eigenvalue weighted by Gasteiger charge is -2.23. The van der Waals surface area contributed by atoms with Crippen LogP contribution in [0.25, 0.3) is 10.9 Å². The number of sulfonamides is 1. The molecule has 1 aliphatic rings. The lowest BCUT2D eigenvalue weighted by molar-refractivity contribution is -0.124. The summed E-state index contributed by atoms with van der Waals surface area (Å²) in [5.41, 5.74) is 3.14. The smallest absolute Gasteiger partial charge is 0.238 e. The fourth-order valence-corrected chi connectivity index (χ4v) is 5.47. The molecule has 31 heavy (non-hydrogen) atoms. The average Bonchev–Trinajstić information content (AvgIpc) is 3.42. The fraction of sp³-hybridized carbons (Fsp3) is 0.348. The summed E-state index contributed by atoms with van der Waals surface area (Å²) in [4.78, 5) is 16.2. The van der Waals surface area contributed by atoms with E-state index < -0.39 is 16.1 Å². The summed E-state index contributed by atoms with van der Waals surface area (Å²) in [6.07, 6.45) is 4.36. The predicted octanol–water partition coefficient (Wildman–Crippen LogP) is 2.85. The van der Waals surface area contributed by atoms with E-state index in [1.807, 2.05) is 48.7 Å². The van der Waals surface area contributed by atoms with Crippen LogP contribution >= 0.6 is 0 Å². The lowest BCUT2D eigenvalue weighted by atomic mass is 9.90. The summed E-state index contributed by atoms with van der Waals surface area (Å²) in [6, 6.07) is 15.2. The molecule has 1 aromatic heterocycles. The molecule has 1 aliphatic heterocycles. The molecule has 1 saturated heterocycles. The second kappa shape index (κ2) is 8.72. The van der Waals surface area contributed by atoms with E-state index in [9.17, 15) is 13.2 Å². The Morgan fingerprint density at radius 1 is 1.23 bits per heavy atom. The van der Waals surface area contributed by atoms with E-state index in [1.54, 1.807) is 7.11 Å². The van der Waals surface area contributed by atoms with Crippen LogP contribution in [0.1, 0.15) is 29.9 Å². The van der Waals surface area contributed by atoms with Crippen LogP contribution in [0.3, 0.4) is 0 Å². The number of H-pyrrole nitrogens is 1. The summed E-state index contributed by atoms with van der Waals surface area (Å²) in [7, 11) is -1.79. The number of rotatable bonds is 7. The van der Waals surface area contributed by atoms with Gasteiger partial charge in [0.25, 0.3) is 0 Å². The van der Waals surface area contributed by atoms with Gasteiger partial charge in [-0.15, -0.1) is 0 Å². The van der Waals surface area contributed by atoms with E-state index in [2.05, 4.69) is 16.4 Å². The van der Waals surface area contributed by atoms with Gasteiger partial charge in [0.15, 0.2) is 0 Å². The quantitative estimate of drug-likeness (QED) is 0.590. The second-order valence-corrected chi connectivity index (χ2v) is 9.83. The van der Waals surface area contributed by atoms with Crippen molar-refractivity contribution in [1.82, 2.24) is 14.6 Å². The third-order valence-electron chi connectivity index (χ3n) is 5.93. The number of hydrogen-bond acceptors (Lipinski definition) is 4. The number of aromatic amines is 1. The van der Waals surface area contributed by atoms with Crippen molar-refractivity contribution in [3.63, 3.8) is 0 Å². The molecule has 2 aromatic carbocycles. The Balaban J connectivity index is 1.61. The van der Waals surface area contributed by atoms with Gasteiger partial charge in [-0.25, -0.2) is 8.42 Å². The summed E-state index contributed by atoms with van der Waals surface area (Å²) in [5.74, 6) is 0.417. The molecule has 0 saturated carbocycles. The van der Waals surface area contributed by atoms with E-state index in [4.69, 9.17) is 4.74 Å². The number of para-hydroxylation sites is 1. The van der Waals surface area contributed by atoms with Gasteiger partial charge in [-0.1, -0.05) is 30.3 Å². The zero-order valence-electron chi connectivity index (χ0n) is 17.7. The van der Waals surface area contributed by atoms with Crippen LogP contribution < -0.4 is 10.1 Å². The van der Waals surface area contributed by atoms with Crippen molar-refractivity contribution in [2.75, 3.05) is 26.5 Å². The zero-order valence-corrected chi connectivity index (χ0v) is 18.5. The van der Waals surface area contributed by atoms with E-state index in [-0.39, 0.29) is 11.8 Å². The van der Waals surface area contributed by atoms with Crippen molar-refractivity contribution in [2.24, 2.45) is 0 Å². The minimum absolute atomic E-state index is 0.0981. The molecule has 2 heterocycles. The van der Waals surface area contributed by atoms with Crippen molar-refractivity contribution < 1.29 is 17.9 Å². The molecule has 164 valence electrons. The maximum Gasteiger partial charge on any atom is 0.238 e. The van der Waals surface area contributed by atoms with Gasteiger partial charge in [0.1, 0.15) is 11.8 Å². The van der Waals surface area contributed by atoms with Gasteiger partial charge in [-0.2, -0.15) is 4.31 Å². The van der Waals surface area contributed by atoms with Crippen LogP contribution in [0.4, 0.5) is 0 Å². The minimum atomic E-state index is -3.41. The van der Waals surface area contributed by atoms with Crippen molar-refractivity contribution in [3.8, 4) is 5.75 Å². The molecule has 2 unspecified atom stereocenters. The Morgan fingerprint density at radius 2 is 1.97 bits per heavy atom. The molecule has 1 fully saturated rings. The predicted molar refractivity (Wildman–Crippen MR) is 121 cm³/mol. The first kappa shape index (κ1) is 21.4. The first-order valence-electron chi connectivity index (χ1n) is 10.3. The molecule has 1 amide bonds. The van der Waals surface area contributed by atoms with Gasteiger partial charge in [0.2, 0.25) is 15.9 Å². The fourth-order valence-electron chi connectivity index (χ4n) is 4.35. The molecule has 3 aromatic rings. The van der Waals surface area contributed by atoms with Gasteiger partial charge in [-0.3, -0.25) is 4.79 Å². The maximum absolute atomic E-state index is 12.9. The minimum Gasteiger partial charge on any atom is -0.497 e. The van der Waals surface area contributed by atoms with E-state index in [0.717, 1.165) is 34.0 Å². The van der Waals surface area contributed by atoms with Crippen LogP contribution in [0.15, 0.2) is 54.7 Å². The molecule has 4 rings (SSSR count). The molecule has 2 atom stereocenters. The largest absolute Gasteiger partial charge is 0.497 e. The SMILES string of the molecule is COc1ccc(C(CNC(=O)C2CCCN2S(C)(=O)=O)c2c[nH]c3ccccc23)cc1. The molecule has 7 nitrogen and oxygen atoms in total. The molecular weight excluding hydrogens is 414 g/mol. The highest BCUT2D eigenvalue weighted by Crippen LogP contribution is 2.31. The highest BCUT2D eigenvalue weighted by Gasteiger charge is 2.36. The number of carbonyl (C=O) groups is 1. The topological polar surface area (TPSA) is 91.5 Å². The standard InChI is InChI=1S/C23H27N3O4S/c1-30-17-11-9-16(10-12-17)19(20-15-24-21-7-4-3-6-18(20)21)14-25-23(27)22-8-5-13-26(22)31(2,28)29/h3-4,6-7,9-12,15,19,22,24H,5,8,13-14H2,1-2H3,(H,25,27). The van der Waals surface area contributed by atoms with Gasteiger partial charge in [-0.05, 0) is 42.2 Å².